The third kappa shape index (κ3) is 3.73. The van der Waals surface area contributed by atoms with E-state index in [1.165, 1.54) is 10.3 Å². The average molecular weight is 366 g/mol. The summed E-state index contributed by atoms with van der Waals surface area (Å²) in [5.74, 6) is 0.279. The number of benzene rings is 2. The monoisotopic (exact) mass is 365 g/mol. The molecule has 1 N–H and O–H groups in total. The number of fused-ring (bicyclic) bond motifs is 1. The minimum Gasteiger partial charge on any atom is -0.352 e. The zero-order chi connectivity index (χ0) is 17.9. The molecule has 1 saturated heterocycles. The van der Waals surface area contributed by atoms with Gasteiger partial charge in [-0.25, -0.2) is 4.98 Å². The van der Waals surface area contributed by atoms with E-state index >= 15 is 0 Å². The van der Waals surface area contributed by atoms with E-state index in [9.17, 15) is 4.79 Å². The first-order chi connectivity index (χ1) is 12.7. The van der Waals surface area contributed by atoms with Crippen LogP contribution in [0.2, 0.25) is 0 Å². The van der Waals surface area contributed by atoms with Crippen molar-refractivity contribution < 1.29 is 4.79 Å². The lowest BCUT2D eigenvalue weighted by Crippen LogP contribution is -2.40. The van der Waals surface area contributed by atoms with Crippen molar-refractivity contribution in [2.24, 2.45) is 5.92 Å². The van der Waals surface area contributed by atoms with Crippen LogP contribution >= 0.6 is 11.3 Å². The van der Waals surface area contributed by atoms with Crippen molar-refractivity contribution in [2.75, 3.05) is 18.0 Å². The molecule has 0 saturated carbocycles. The molecule has 2 heterocycles. The second-order valence-corrected chi connectivity index (χ2v) is 7.94. The summed E-state index contributed by atoms with van der Waals surface area (Å²) in [5, 5.41) is 4.18. The van der Waals surface area contributed by atoms with E-state index in [1.54, 1.807) is 11.3 Å². The SMILES string of the molecule is Cc1cccc(CNC(=O)C2CCN(c3nc4ccccc4s3)CC2)c1. The number of piperidine rings is 1. The Hall–Kier alpha value is -2.40. The van der Waals surface area contributed by atoms with Gasteiger partial charge in [0.2, 0.25) is 5.91 Å². The summed E-state index contributed by atoms with van der Waals surface area (Å²) < 4.78 is 1.22. The first kappa shape index (κ1) is 17.0. The summed E-state index contributed by atoms with van der Waals surface area (Å²) in [5.41, 5.74) is 3.44. The summed E-state index contributed by atoms with van der Waals surface area (Å²) in [7, 11) is 0. The van der Waals surface area contributed by atoms with Crippen LogP contribution in [0.5, 0.6) is 0 Å². The van der Waals surface area contributed by atoms with E-state index in [0.29, 0.717) is 6.54 Å². The fraction of sp³-hybridized carbons (Fsp3) is 0.333. The Balaban J connectivity index is 1.32. The van der Waals surface area contributed by atoms with E-state index in [4.69, 9.17) is 4.98 Å². The normalized spacial score (nSPS) is 15.3. The van der Waals surface area contributed by atoms with Crippen molar-refractivity contribution in [3.8, 4) is 0 Å². The highest BCUT2D eigenvalue weighted by Crippen LogP contribution is 2.31. The number of thiazole rings is 1. The minimum atomic E-state index is 0.102. The van der Waals surface area contributed by atoms with E-state index in [0.717, 1.165) is 42.1 Å². The molecule has 4 nitrogen and oxygen atoms in total. The Kier molecular flexibility index (Phi) is 4.89. The molecule has 0 aliphatic carbocycles. The van der Waals surface area contributed by atoms with Crippen LogP contribution in [-0.4, -0.2) is 24.0 Å². The molecule has 1 aliphatic rings. The van der Waals surface area contributed by atoms with Crippen LogP contribution in [0.15, 0.2) is 48.5 Å². The average Bonchev–Trinajstić information content (AvgIpc) is 3.10. The van der Waals surface area contributed by atoms with Crippen molar-refractivity contribution in [3.63, 3.8) is 0 Å². The standard InChI is InChI=1S/C21H23N3OS/c1-15-5-4-6-16(13-15)14-22-20(25)17-9-11-24(12-10-17)21-23-18-7-2-3-8-19(18)26-21/h2-8,13,17H,9-12,14H2,1H3,(H,22,25). The van der Waals surface area contributed by atoms with Gasteiger partial charge >= 0.3 is 0 Å². The fourth-order valence-corrected chi connectivity index (χ4v) is 4.50. The van der Waals surface area contributed by atoms with Crippen LogP contribution in [0, 0.1) is 12.8 Å². The second-order valence-electron chi connectivity index (χ2n) is 6.93. The number of anilines is 1. The van der Waals surface area contributed by atoms with Gasteiger partial charge in [0.05, 0.1) is 10.2 Å². The molecule has 5 heteroatoms. The van der Waals surface area contributed by atoms with Crippen LogP contribution < -0.4 is 10.2 Å². The maximum absolute atomic E-state index is 12.5. The first-order valence-corrected chi connectivity index (χ1v) is 9.94. The van der Waals surface area contributed by atoms with Gasteiger partial charge in [-0.05, 0) is 37.5 Å². The maximum atomic E-state index is 12.5. The first-order valence-electron chi connectivity index (χ1n) is 9.13. The molecule has 0 atom stereocenters. The van der Waals surface area contributed by atoms with E-state index in [2.05, 4.69) is 53.5 Å². The molecule has 3 aromatic rings. The predicted molar refractivity (Wildman–Crippen MR) is 108 cm³/mol. The number of aryl methyl sites for hydroxylation is 1. The smallest absolute Gasteiger partial charge is 0.223 e. The van der Waals surface area contributed by atoms with Gasteiger partial charge in [0.1, 0.15) is 0 Å². The van der Waals surface area contributed by atoms with Gasteiger partial charge in [0, 0.05) is 25.6 Å². The number of carbonyl (C=O) groups is 1. The van der Waals surface area contributed by atoms with Crippen LogP contribution in [0.4, 0.5) is 5.13 Å². The Morgan fingerprint density at radius 2 is 2.00 bits per heavy atom. The van der Waals surface area contributed by atoms with Gasteiger partial charge in [-0.1, -0.05) is 53.3 Å². The number of para-hydroxylation sites is 1. The molecule has 134 valence electrons. The highest BCUT2D eigenvalue weighted by Gasteiger charge is 2.26. The summed E-state index contributed by atoms with van der Waals surface area (Å²) >= 11 is 1.74. The van der Waals surface area contributed by atoms with Gasteiger partial charge in [-0.15, -0.1) is 0 Å². The maximum Gasteiger partial charge on any atom is 0.223 e. The van der Waals surface area contributed by atoms with Crippen LogP contribution in [0.1, 0.15) is 24.0 Å². The highest BCUT2D eigenvalue weighted by atomic mass is 32.1. The van der Waals surface area contributed by atoms with Crippen molar-refractivity contribution in [1.29, 1.82) is 0 Å². The molecular weight excluding hydrogens is 342 g/mol. The lowest BCUT2D eigenvalue weighted by molar-refractivity contribution is -0.125. The number of hydrogen-bond acceptors (Lipinski definition) is 4. The zero-order valence-electron chi connectivity index (χ0n) is 14.9. The molecule has 1 aliphatic heterocycles. The molecule has 0 bridgehead atoms. The largest absolute Gasteiger partial charge is 0.352 e. The van der Waals surface area contributed by atoms with Crippen LogP contribution in [-0.2, 0) is 11.3 Å². The third-order valence-corrected chi connectivity index (χ3v) is 6.07. The van der Waals surface area contributed by atoms with Gasteiger partial charge in [0.15, 0.2) is 5.13 Å². The van der Waals surface area contributed by atoms with Crippen molar-refractivity contribution >= 4 is 32.6 Å². The number of aromatic nitrogens is 1. The molecule has 0 radical (unpaired) electrons. The molecule has 1 aromatic heterocycles. The number of carbonyl (C=O) groups excluding carboxylic acids is 1. The Labute approximate surface area is 157 Å². The quantitative estimate of drug-likeness (QED) is 0.756. The molecule has 0 unspecified atom stereocenters. The van der Waals surface area contributed by atoms with Gasteiger partial charge in [0.25, 0.3) is 0 Å². The minimum absolute atomic E-state index is 0.102. The molecule has 26 heavy (non-hydrogen) atoms. The fourth-order valence-electron chi connectivity index (χ4n) is 3.48. The van der Waals surface area contributed by atoms with E-state index in [1.807, 2.05) is 12.1 Å². The topological polar surface area (TPSA) is 45.2 Å². The zero-order valence-corrected chi connectivity index (χ0v) is 15.8. The lowest BCUT2D eigenvalue weighted by Gasteiger charge is -2.31. The second kappa shape index (κ2) is 7.46. The van der Waals surface area contributed by atoms with E-state index < -0.39 is 0 Å². The summed E-state index contributed by atoms with van der Waals surface area (Å²) in [6.07, 6.45) is 1.77. The van der Waals surface area contributed by atoms with Gasteiger partial charge < -0.3 is 10.2 Å². The lowest BCUT2D eigenvalue weighted by atomic mass is 9.96. The third-order valence-electron chi connectivity index (χ3n) is 4.97. The number of rotatable bonds is 4. The van der Waals surface area contributed by atoms with Gasteiger partial charge in [-0.3, -0.25) is 4.79 Å². The summed E-state index contributed by atoms with van der Waals surface area (Å²) in [4.78, 5) is 19.5. The number of nitrogens with one attached hydrogen (secondary N) is 1. The number of amides is 1. The van der Waals surface area contributed by atoms with Crippen LogP contribution in [0.25, 0.3) is 10.2 Å². The van der Waals surface area contributed by atoms with Gasteiger partial charge in [-0.2, -0.15) is 0 Å². The Morgan fingerprint density at radius 1 is 1.19 bits per heavy atom. The summed E-state index contributed by atoms with van der Waals surface area (Å²) in [6.45, 7) is 4.46. The number of nitrogens with zero attached hydrogens (tertiary/aromatic N) is 2. The molecule has 2 aromatic carbocycles. The molecule has 1 fully saturated rings. The van der Waals surface area contributed by atoms with Crippen molar-refractivity contribution in [1.82, 2.24) is 10.3 Å². The van der Waals surface area contributed by atoms with E-state index in [-0.39, 0.29) is 11.8 Å². The highest BCUT2D eigenvalue weighted by molar-refractivity contribution is 7.22. The molecule has 0 spiro atoms. The van der Waals surface area contributed by atoms with Crippen LogP contribution in [0.3, 0.4) is 0 Å². The molecular formula is C21H23N3OS. The Bertz CT molecular complexity index is 879. The van der Waals surface area contributed by atoms with Crippen molar-refractivity contribution in [2.45, 2.75) is 26.3 Å². The number of hydrogen-bond donors (Lipinski definition) is 1. The molecule has 1 amide bonds. The molecule has 4 rings (SSSR count). The summed E-state index contributed by atoms with van der Waals surface area (Å²) in [6, 6.07) is 16.5. The van der Waals surface area contributed by atoms with Crippen molar-refractivity contribution in [3.05, 3.63) is 59.7 Å². The predicted octanol–water partition coefficient (Wildman–Crippen LogP) is 4.14. The Morgan fingerprint density at radius 3 is 2.77 bits per heavy atom.